The van der Waals surface area contributed by atoms with Crippen LogP contribution in [0.1, 0.15) is 54.0 Å². The molecule has 0 radical (unpaired) electrons. The minimum atomic E-state index is 0.334. The van der Waals surface area contributed by atoms with Crippen LogP contribution in [0.3, 0.4) is 0 Å². The monoisotopic (exact) mass is 360 g/mol. The molecule has 3 rings (SSSR count). The van der Waals surface area contributed by atoms with Crippen LogP contribution in [0.4, 0.5) is 0 Å². The molecule has 2 aromatic carbocycles. The molecule has 0 saturated carbocycles. The zero-order valence-corrected chi connectivity index (χ0v) is 15.5. The third-order valence-electron chi connectivity index (χ3n) is 4.92. The van der Waals surface area contributed by atoms with Crippen LogP contribution in [0.5, 0.6) is 0 Å². The molecule has 126 valence electrons. The first-order valence-corrected chi connectivity index (χ1v) is 8.99. The Kier molecular flexibility index (Phi) is 5.19. The lowest BCUT2D eigenvalue weighted by molar-refractivity contribution is 0.470. The normalized spacial score (nSPS) is 20.8. The van der Waals surface area contributed by atoms with E-state index in [2.05, 4.69) is 29.6 Å². The van der Waals surface area contributed by atoms with Crippen LogP contribution in [0, 0.1) is 0 Å². The number of rotatable bonds is 3. The van der Waals surface area contributed by atoms with Crippen LogP contribution in [-0.2, 0) is 0 Å². The van der Waals surface area contributed by atoms with E-state index in [1.807, 2.05) is 32.2 Å². The van der Waals surface area contributed by atoms with Gasteiger partial charge in [-0.3, -0.25) is 0 Å². The van der Waals surface area contributed by atoms with Crippen molar-refractivity contribution in [1.29, 1.82) is 0 Å². The Hall–Kier alpha value is -1.48. The summed E-state index contributed by atoms with van der Waals surface area (Å²) < 4.78 is 0. The van der Waals surface area contributed by atoms with Crippen molar-refractivity contribution in [3.05, 3.63) is 74.8 Å². The lowest BCUT2D eigenvalue weighted by atomic mass is 9.76. The van der Waals surface area contributed by atoms with Crippen LogP contribution in [-0.4, -0.2) is 7.05 Å². The van der Waals surface area contributed by atoms with Crippen LogP contribution < -0.4 is 11.1 Å². The van der Waals surface area contributed by atoms with Gasteiger partial charge in [0.2, 0.25) is 0 Å². The average molecular weight is 361 g/mol. The predicted octanol–water partition coefficient (Wildman–Crippen LogP) is 5.50. The van der Waals surface area contributed by atoms with Crippen LogP contribution in [0.25, 0.3) is 5.70 Å². The molecule has 0 fully saturated rings. The number of benzene rings is 2. The Morgan fingerprint density at radius 3 is 2.54 bits per heavy atom. The lowest BCUT2D eigenvalue weighted by Crippen LogP contribution is -2.24. The van der Waals surface area contributed by atoms with Crippen LogP contribution in [0.2, 0.25) is 10.0 Å². The van der Waals surface area contributed by atoms with Crippen molar-refractivity contribution in [1.82, 2.24) is 5.32 Å². The van der Waals surface area contributed by atoms with Crippen molar-refractivity contribution in [2.75, 3.05) is 7.05 Å². The van der Waals surface area contributed by atoms with Gasteiger partial charge in [-0.25, -0.2) is 0 Å². The fourth-order valence-corrected chi connectivity index (χ4v) is 3.87. The number of allylic oxidation sites excluding steroid dienone is 1. The Morgan fingerprint density at radius 1 is 1.08 bits per heavy atom. The maximum absolute atomic E-state index is 6.23. The van der Waals surface area contributed by atoms with Gasteiger partial charge in [0.15, 0.2) is 0 Å². The fourth-order valence-electron chi connectivity index (χ4n) is 3.56. The Morgan fingerprint density at radius 2 is 1.88 bits per heavy atom. The number of halogens is 2. The maximum atomic E-state index is 6.23. The quantitative estimate of drug-likeness (QED) is 0.758. The van der Waals surface area contributed by atoms with Crippen molar-refractivity contribution < 1.29 is 0 Å². The SMILES string of the molecule is C/C=C(\N)c1ccc2c(c1)C(NC)CCC2c1ccc(Cl)c(Cl)c1. The average Bonchev–Trinajstić information content (AvgIpc) is 2.62. The van der Waals surface area contributed by atoms with E-state index in [9.17, 15) is 0 Å². The molecule has 4 heteroatoms. The zero-order chi connectivity index (χ0) is 17.3. The van der Waals surface area contributed by atoms with E-state index in [-0.39, 0.29) is 0 Å². The summed E-state index contributed by atoms with van der Waals surface area (Å²) in [6, 6.07) is 12.8. The standard InChI is InChI=1S/C20H22Cl2N2/c1-3-19(23)13-4-6-15-14(7-9-20(24-2)16(15)10-13)12-5-8-17(21)18(22)11-12/h3-6,8,10-11,14,20,24H,7,9,23H2,1-2H3/b19-3-. The second-order valence-electron chi connectivity index (χ2n) is 6.23. The molecule has 0 bridgehead atoms. The molecule has 1 aliphatic carbocycles. The second kappa shape index (κ2) is 7.18. The van der Waals surface area contributed by atoms with Crippen molar-refractivity contribution >= 4 is 28.9 Å². The van der Waals surface area contributed by atoms with E-state index >= 15 is 0 Å². The third kappa shape index (κ3) is 3.19. The Labute approximate surface area is 153 Å². The van der Waals surface area contributed by atoms with Gasteiger partial charge in [-0.15, -0.1) is 0 Å². The van der Waals surface area contributed by atoms with E-state index in [0.29, 0.717) is 22.0 Å². The van der Waals surface area contributed by atoms with Crippen LogP contribution >= 0.6 is 23.2 Å². The molecule has 2 aromatic rings. The summed E-state index contributed by atoms with van der Waals surface area (Å²) in [4.78, 5) is 0. The number of hydrogen-bond donors (Lipinski definition) is 2. The highest BCUT2D eigenvalue weighted by atomic mass is 35.5. The molecular formula is C20H22Cl2N2. The minimum absolute atomic E-state index is 0.334. The minimum Gasteiger partial charge on any atom is -0.399 e. The molecule has 0 amide bonds. The Bertz CT molecular complexity index is 783. The summed E-state index contributed by atoms with van der Waals surface area (Å²) in [5, 5.41) is 4.64. The molecule has 3 N–H and O–H groups in total. The highest BCUT2D eigenvalue weighted by Gasteiger charge is 2.28. The Balaban J connectivity index is 2.08. The number of nitrogens with two attached hydrogens (primary N) is 1. The fraction of sp³-hybridized carbons (Fsp3) is 0.300. The van der Waals surface area contributed by atoms with Gasteiger partial charge in [0, 0.05) is 17.7 Å². The van der Waals surface area contributed by atoms with Crippen LogP contribution in [0.15, 0.2) is 42.5 Å². The smallest absolute Gasteiger partial charge is 0.0595 e. The first-order valence-electron chi connectivity index (χ1n) is 8.23. The van der Waals surface area contributed by atoms with E-state index in [0.717, 1.165) is 24.1 Å². The third-order valence-corrected chi connectivity index (χ3v) is 5.66. The first-order chi connectivity index (χ1) is 11.5. The molecule has 2 atom stereocenters. The highest BCUT2D eigenvalue weighted by molar-refractivity contribution is 6.42. The van der Waals surface area contributed by atoms with E-state index < -0.39 is 0 Å². The molecular weight excluding hydrogens is 339 g/mol. The van der Waals surface area contributed by atoms with Gasteiger partial charge in [-0.05, 0) is 67.3 Å². The molecule has 24 heavy (non-hydrogen) atoms. The van der Waals surface area contributed by atoms with Crippen molar-refractivity contribution in [2.45, 2.75) is 31.7 Å². The van der Waals surface area contributed by atoms with E-state index in [1.54, 1.807) is 0 Å². The zero-order valence-electron chi connectivity index (χ0n) is 13.9. The first kappa shape index (κ1) is 17.3. The molecule has 0 saturated heterocycles. The van der Waals surface area contributed by atoms with E-state index in [4.69, 9.17) is 28.9 Å². The molecule has 0 aliphatic heterocycles. The summed E-state index contributed by atoms with van der Waals surface area (Å²) in [5.74, 6) is 0.334. The summed E-state index contributed by atoms with van der Waals surface area (Å²) in [6.45, 7) is 1.96. The maximum Gasteiger partial charge on any atom is 0.0595 e. The van der Waals surface area contributed by atoms with Crippen molar-refractivity contribution in [2.24, 2.45) is 5.73 Å². The topological polar surface area (TPSA) is 38.0 Å². The summed E-state index contributed by atoms with van der Waals surface area (Å²) >= 11 is 12.3. The largest absolute Gasteiger partial charge is 0.399 e. The summed E-state index contributed by atoms with van der Waals surface area (Å²) in [7, 11) is 2.01. The number of fused-ring (bicyclic) bond motifs is 1. The molecule has 2 unspecified atom stereocenters. The molecule has 2 nitrogen and oxygen atoms in total. The molecule has 0 heterocycles. The predicted molar refractivity (Wildman–Crippen MR) is 104 cm³/mol. The van der Waals surface area contributed by atoms with Gasteiger partial charge >= 0.3 is 0 Å². The number of hydrogen-bond acceptors (Lipinski definition) is 2. The van der Waals surface area contributed by atoms with Crippen molar-refractivity contribution in [3.8, 4) is 0 Å². The molecule has 1 aliphatic rings. The van der Waals surface area contributed by atoms with Gasteiger partial charge in [0.25, 0.3) is 0 Å². The molecule has 0 spiro atoms. The summed E-state index contributed by atoms with van der Waals surface area (Å²) in [5.41, 5.74) is 11.9. The van der Waals surface area contributed by atoms with Crippen molar-refractivity contribution in [3.63, 3.8) is 0 Å². The van der Waals surface area contributed by atoms with Gasteiger partial charge < -0.3 is 11.1 Å². The van der Waals surface area contributed by atoms with Gasteiger partial charge in [-0.1, -0.05) is 47.5 Å². The van der Waals surface area contributed by atoms with Gasteiger partial charge in [0.05, 0.1) is 10.0 Å². The highest BCUT2D eigenvalue weighted by Crippen LogP contribution is 2.42. The second-order valence-corrected chi connectivity index (χ2v) is 7.05. The molecule has 0 aromatic heterocycles. The number of nitrogens with one attached hydrogen (secondary N) is 1. The van der Waals surface area contributed by atoms with Gasteiger partial charge in [0.1, 0.15) is 0 Å². The van der Waals surface area contributed by atoms with E-state index in [1.165, 1.54) is 16.7 Å². The summed E-state index contributed by atoms with van der Waals surface area (Å²) in [6.07, 6.45) is 4.10. The van der Waals surface area contributed by atoms with Gasteiger partial charge in [-0.2, -0.15) is 0 Å². The lowest BCUT2D eigenvalue weighted by Gasteiger charge is -2.32.